The van der Waals surface area contributed by atoms with Crippen LogP contribution < -0.4 is 18.9 Å². The van der Waals surface area contributed by atoms with E-state index in [0.29, 0.717) is 18.4 Å². The Morgan fingerprint density at radius 3 is 1.38 bits per heavy atom. The van der Waals surface area contributed by atoms with E-state index in [9.17, 15) is 10.2 Å². The van der Waals surface area contributed by atoms with Crippen LogP contribution in [0.3, 0.4) is 0 Å². The quantitative estimate of drug-likeness (QED) is 0.176. The number of likely N-dealkylation sites (N-methyl/N-ethyl adjacent to an activating group) is 2. The van der Waals surface area contributed by atoms with Crippen LogP contribution in [0.1, 0.15) is 41.7 Å². The first-order valence-electron chi connectivity index (χ1n) is 16.0. The normalized spacial score (nSPS) is 11.2. The first-order chi connectivity index (χ1) is 21.7. The fraction of sp³-hybridized carbons (Fsp3) is 0.351. The summed E-state index contributed by atoms with van der Waals surface area (Å²) in [6, 6.07) is 19.2. The number of aromatic hydroxyl groups is 2. The highest BCUT2D eigenvalue weighted by molar-refractivity contribution is 5.56. The number of aryl methyl sites for hydroxylation is 2. The highest BCUT2D eigenvalue weighted by atomic mass is 16.3. The van der Waals surface area contributed by atoms with Crippen LogP contribution in [0, 0.1) is 6.92 Å². The van der Waals surface area contributed by atoms with Gasteiger partial charge in [-0.1, -0.05) is 24.3 Å². The Morgan fingerprint density at radius 2 is 1.04 bits per heavy atom. The molecule has 0 unspecified atom stereocenters. The lowest BCUT2D eigenvalue weighted by molar-refractivity contribution is -0.671. The number of anilines is 2. The number of aromatic nitrogens is 4. The van der Waals surface area contributed by atoms with E-state index in [1.165, 1.54) is 11.4 Å². The van der Waals surface area contributed by atoms with Gasteiger partial charge in [0.25, 0.3) is 0 Å². The van der Waals surface area contributed by atoms with Gasteiger partial charge in [-0.2, -0.15) is 0 Å². The van der Waals surface area contributed by atoms with Crippen LogP contribution in [-0.2, 0) is 40.0 Å². The van der Waals surface area contributed by atoms with Crippen molar-refractivity contribution in [3.05, 3.63) is 120 Å². The molecular weight excluding hydrogens is 560 g/mol. The topological polar surface area (TPSA) is 64.6 Å². The van der Waals surface area contributed by atoms with E-state index in [4.69, 9.17) is 0 Å². The van der Waals surface area contributed by atoms with Crippen LogP contribution >= 0.6 is 0 Å². The average molecular weight is 609 g/mol. The third kappa shape index (κ3) is 7.87. The van der Waals surface area contributed by atoms with Crippen molar-refractivity contribution in [3.63, 3.8) is 0 Å². The molecule has 2 heterocycles. The van der Waals surface area contributed by atoms with Crippen molar-refractivity contribution < 1.29 is 19.3 Å². The van der Waals surface area contributed by atoms with Crippen LogP contribution in [0.2, 0.25) is 0 Å². The minimum Gasteiger partial charge on any atom is -0.507 e. The van der Waals surface area contributed by atoms with Crippen LogP contribution in [0.15, 0.2) is 92.0 Å². The van der Waals surface area contributed by atoms with Crippen molar-refractivity contribution >= 4 is 11.4 Å². The first-order valence-corrected chi connectivity index (χ1v) is 16.0. The first kappa shape index (κ1) is 31.7. The lowest BCUT2D eigenvalue weighted by Crippen LogP contribution is -2.28. The summed E-state index contributed by atoms with van der Waals surface area (Å²) in [4.78, 5) is 4.74. The number of imidazole rings is 2. The number of hydrogen-bond acceptors (Lipinski definition) is 4. The lowest BCUT2D eigenvalue weighted by atomic mass is 9.94. The number of rotatable bonds is 14. The summed E-state index contributed by atoms with van der Waals surface area (Å²) in [6.07, 6.45) is 13.7. The Labute approximate surface area is 267 Å². The third-order valence-electron chi connectivity index (χ3n) is 8.73. The Bertz CT molecular complexity index is 1570. The molecule has 3 aromatic carbocycles. The van der Waals surface area contributed by atoms with Gasteiger partial charge in [0, 0.05) is 42.9 Å². The van der Waals surface area contributed by atoms with E-state index < -0.39 is 0 Å². The average Bonchev–Trinajstić information content (AvgIpc) is 3.67. The monoisotopic (exact) mass is 608 g/mol. The molecule has 0 fully saturated rings. The molecule has 8 heteroatoms. The predicted octanol–water partition coefficient (Wildman–Crippen LogP) is 4.89. The van der Waals surface area contributed by atoms with Crippen molar-refractivity contribution in [2.45, 2.75) is 46.7 Å². The number of nitrogens with zero attached hydrogens (tertiary/aromatic N) is 6. The summed E-state index contributed by atoms with van der Waals surface area (Å²) in [5.74, 6) is 0.334. The maximum absolute atomic E-state index is 11.0. The molecule has 0 saturated heterocycles. The highest BCUT2D eigenvalue weighted by Crippen LogP contribution is 2.36. The summed E-state index contributed by atoms with van der Waals surface area (Å²) < 4.78 is 8.51. The Kier molecular flexibility index (Phi) is 10.1. The SMILES string of the molecule is CCN(CCn1cc[n+](C)c1)c1ccc(Cc2cc(Cc3ccc(N(CC)CCn4cc[n+](C)c4)cc3)c(O)c(C)c2O)cc1. The fourth-order valence-electron chi connectivity index (χ4n) is 5.98. The van der Waals surface area contributed by atoms with Crippen LogP contribution in [-0.4, -0.2) is 45.5 Å². The minimum atomic E-state index is 0.167. The molecular formula is C37H48N6O2+2. The molecule has 0 aliphatic rings. The van der Waals surface area contributed by atoms with Crippen molar-refractivity contribution in [2.75, 3.05) is 36.0 Å². The molecule has 5 aromatic rings. The standard InChI is InChI=1S/C37H46N6O2/c1-6-42(22-20-40-18-16-38(4)27-40)34-12-8-30(9-13-34)24-32-26-33(37(45)29(3)36(32)44)25-31-10-14-35(15-11-31)43(7-2)23-21-41-19-17-39(5)28-41/h8-19,26-28H,6-7,20-25H2,1-5H3/p+2. The van der Waals surface area contributed by atoms with Gasteiger partial charge in [0.05, 0.1) is 27.2 Å². The molecule has 0 aliphatic heterocycles. The zero-order chi connectivity index (χ0) is 31.9. The van der Waals surface area contributed by atoms with Crippen molar-refractivity contribution in [1.82, 2.24) is 9.13 Å². The lowest BCUT2D eigenvalue weighted by Gasteiger charge is -2.22. The van der Waals surface area contributed by atoms with E-state index >= 15 is 0 Å². The van der Waals surface area contributed by atoms with E-state index in [1.807, 2.05) is 20.2 Å². The van der Waals surface area contributed by atoms with Gasteiger partial charge >= 0.3 is 0 Å². The number of hydrogen-bond donors (Lipinski definition) is 2. The van der Waals surface area contributed by atoms with Gasteiger partial charge in [-0.05, 0) is 73.4 Å². The van der Waals surface area contributed by atoms with Gasteiger partial charge < -0.3 is 20.0 Å². The largest absolute Gasteiger partial charge is 0.507 e. The van der Waals surface area contributed by atoms with Gasteiger partial charge in [-0.15, -0.1) is 0 Å². The second-order valence-electron chi connectivity index (χ2n) is 12.0. The maximum Gasteiger partial charge on any atom is 0.243 e. The van der Waals surface area contributed by atoms with Gasteiger partial charge in [-0.25, -0.2) is 18.3 Å². The molecule has 236 valence electrons. The summed E-state index contributed by atoms with van der Waals surface area (Å²) in [5, 5.41) is 21.9. The van der Waals surface area contributed by atoms with Crippen molar-refractivity contribution in [2.24, 2.45) is 14.1 Å². The summed E-state index contributed by atoms with van der Waals surface area (Å²) in [6.45, 7) is 11.7. The molecule has 0 aliphatic carbocycles. The highest BCUT2D eigenvalue weighted by Gasteiger charge is 2.16. The Balaban J connectivity index is 1.24. The van der Waals surface area contributed by atoms with Crippen LogP contribution in [0.4, 0.5) is 11.4 Å². The number of benzene rings is 3. The smallest absolute Gasteiger partial charge is 0.243 e. The third-order valence-corrected chi connectivity index (χ3v) is 8.73. The number of phenols is 2. The second kappa shape index (κ2) is 14.4. The Hall–Kier alpha value is -4.72. The van der Waals surface area contributed by atoms with Crippen LogP contribution in [0.5, 0.6) is 11.5 Å². The molecule has 0 saturated carbocycles. The molecule has 0 spiro atoms. The molecule has 0 radical (unpaired) electrons. The molecule has 2 N–H and O–H groups in total. The van der Waals surface area contributed by atoms with Crippen LogP contribution in [0.25, 0.3) is 0 Å². The molecule has 2 aromatic heterocycles. The van der Waals surface area contributed by atoms with Gasteiger partial charge in [0.15, 0.2) is 0 Å². The summed E-state index contributed by atoms with van der Waals surface area (Å²) >= 11 is 0. The molecule has 0 atom stereocenters. The van der Waals surface area contributed by atoms with Crippen molar-refractivity contribution in [1.29, 1.82) is 0 Å². The van der Waals surface area contributed by atoms with Crippen molar-refractivity contribution in [3.8, 4) is 11.5 Å². The van der Waals surface area contributed by atoms with E-state index in [2.05, 4.69) is 128 Å². The van der Waals surface area contributed by atoms with Gasteiger partial charge in [0.1, 0.15) is 49.4 Å². The summed E-state index contributed by atoms with van der Waals surface area (Å²) in [7, 11) is 4.07. The molecule has 0 bridgehead atoms. The van der Waals surface area contributed by atoms with Gasteiger partial charge in [-0.3, -0.25) is 0 Å². The fourth-order valence-corrected chi connectivity index (χ4v) is 5.98. The van der Waals surface area contributed by atoms with E-state index in [0.717, 1.165) is 61.5 Å². The second-order valence-corrected chi connectivity index (χ2v) is 12.0. The van der Waals surface area contributed by atoms with E-state index in [1.54, 1.807) is 6.92 Å². The molecule has 8 nitrogen and oxygen atoms in total. The van der Waals surface area contributed by atoms with Gasteiger partial charge in [0.2, 0.25) is 12.7 Å². The number of phenolic OH excluding ortho intramolecular Hbond substituents is 2. The minimum absolute atomic E-state index is 0.167. The van der Waals surface area contributed by atoms with E-state index in [-0.39, 0.29) is 11.5 Å². The maximum atomic E-state index is 11.0. The zero-order valence-corrected chi connectivity index (χ0v) is 27.4. The molecule has 45 heavy (non-hydrogen) atoms. The zero-order valence-electron chi connectivity index (χ0n) is 27.4. The summed E-state index contributed by atoms with van der Waals surface area (Å²) in [5.41, 5.74) is 6.80. The predicted molar refractivity (Wildman–Crippen MR) is 180 cm³/mol. The Morgan fingerprint density at radius 1 is 0.644 bits per heavy atom. The molecule has 0 amide bonds. The molecule has 5 rings (SSSR count).